The van der Waals surface area contributed by atoms with Crippen LogP contribution in [0.1, 0.15) is 32.3 Å². The highest BCUT2D eigenvalue weighted by molar-refractivity contribution is 6.11. The third kappa shape index (κ3) is 4.69. The molecule has 17 heavy (non-hydrogen) atoms. The van der Waals surface area contributed by atoms with Gasteiger partial charge in [-0.15, -0.1) is 0 Å². The van der Waals surface area contributed by atoms with Crippen LogP contribution >= 0.6 is 0 Å². The molecule has 0 bridgehead atoms. The van der Waals surface area contributed by atoms with Gasteiger partial charge in [0.05, 0.1) is 0 Å². The van der Waals surface area contributed by atoms with E-state index < -0.39 is 0 Å². The van der Waals surface area contributed by atoms with Crippen LogP contribution in [0.2, 0.25) is 0 Å². The van der Waals surface area contributed by atoms with Crippen molar-refractivity contribution in [3.05, 3.63) is 35.9 Å². The molecule has 0 amide bonds. The van der Waals surface area contributed by atoms with E-state index in [1.165, 1.54) is 0 Å². The maximum Gasteiger partial charge on any atom is 0.186 e. The van der Waals surface area contributed by atoms with E-state index in [-0.39, 0.29) is 0 Å². The zero-order valence-corrected chi connectivity index (χ0v) is 10.4. The molecule has 3 nitrogen and oxygen atoms in total. The smallest absolute Gasteiger partial charge is 0.186 e. The number of hydrogen-bond acceptors (Lipinski definition) is 3. The molecule has 0 aliphatic rings. The lowest BCUT2D eigenvalue weighted by Crippen LogP contribution is -2.05. The van der Waals surface area contributed by atoms with E-state index in [1.807, 2.05) is 36.4 Å². The Morgan fingerprint density at radius 3 is 2.71 bits per heavy atom. The van der Waals surface area contributed by atoms with Gasteiger partial charge in [-0.3, -0.25) is 0 Å². The largest absolute Gasteiger partial charge is 0.394 e. The summed E-state index contributed by atoms with van der Waals surface area (Å²) in [6.45, 7) is 4.82. The van der Waals surface area contributed by atoms with E-state index in [0.717, 1.165) is 18.4 Å². The van der Waals surface area contributed by atoms with Crippen molar-refractivity contribution in [2.45, 2.75) is 26.7 Å². The standard InChI is InChI=1S/C14H18N2O/c1-3-7-12(2)11-17-16-14(10-15)13-8-5-4-6-9-13/h4-6,8-9,12H,3,7,11H2,1-2H3. The highest BCUT2D eigenvalue weighted by Crippen LogP contribution is 2.06. The molecule has 0 saturated carbocycles. The van der Waals surface area contributed by atoms with Crippen molar-refractivity contribution >= 4 is 5.71 Å². The van der Waals surface area contributed by atoms with Crippen LogP contribution in [-0.2, 0) is 4.84 Å². The third-order valence-electron chi connectivity index (χ3n) is 2.45. The lowest BCUT2D eigenvalue weighted by Gasteiger charge is -2.07. The lowest BCUT2D eigenvalue weighted by atomic mass is 10.1. The molecular formula is C14H18N2O. The fourth-order valence-electron chi connectivity index (χ4n) is 1.54. The van der Waals surface area contributed by atoms with E-state index >= 15 is 0 Å². The van der Waals surface area contributed by atoms with Crippen molar-refractivity contribution in [3.8, 4) is 6.07 Å². The van der Waals surface area contributed by atoms with Crippen LogP contribution in [0.5, 0.6) is 0 Å². The Bertz CT molecular complexity index is 392. The summed E-state index contributed by atoms with van der Waals surface area (Å²) in [5, 5.41) is 12.9. The Morgan fingerprint density at radius 1 is 1.41 bits per heavy atom. The predicted octanol–water partition coefficient (Wildman–Crippen LogP) is 3.37. The summed E-state index contributed by atoms with van der Waals surface area (Å²) in [7, 11) is 0. The average Bonchev–Trinajstić information content (AvgIpc) is 2.36. The van der Waals surface area contributed by atoms with E-state index in [2.05, 4.69) is 19.0 Å². The maximum atomic E-state index is 8.99. The summed E-state index contributed by atoms with van der Waals surface area (Å²) in [4.78, 5) is 5.22. The zero-order valence-electron chi connectivity index (χ0n) is 10.4. The number of nitriles is 1. The van der Waals surface area contributed by atoms with Crippen LogP contribution in [0.4, 0.5) is 0 Å². The van der Waals surface area contributed by atoms with Gasteiger partial charge in [-0.25, -0.2) is 0 Å². The molecule has 0 saturated heterocycles. The van der Waals surface area contributed by atoms with E-state index in [0.29, 0.717) is 18.2 Å². The molecule has 1 aromatic carbocycles. The monoisotopic (exact) mass is 230 g/mol. The van der Waals surface area contributed by atoms with Gasteiger partial charge in [0, 0.05) is 5.56 Å². The van der Waals surface area contributed by atoms with Crippen molar-refractivity contribution < 1.29 is 4.84 Å². The molecule has 1 aromatic rings. The first kappa shape index (κ1) is 13.2. The maximum absolute atomic E-state index is 8.99. The van der Waals surface area contributed by atoms with Gasteiger partial charge in [0.25, 0.3) is 0 Å². The summed E-state index contributed by atoms with van der Waals surface area (Å²) in [6.07, 6.45) is 2.25. The molecule has 1 unspecified atom stereocenters. The highest BCUT2D eigenvalue weighted by Gasteiger charge is 2.04. The van der Waals surface area contributed by atoms with Crippen LogP contribution in [-0.4, -0.2) is 12.3 Å². The molecule has 0 aliphatic carbocycles. The highest BCUT2D eigenvalue weighted by atomic mass is 16.6. The summed E-state index contributed by atoms with van der Waals surface area (Å²) >= 11 is 0. The molecule has 0 aliphatic heterocycles. The van der Waals surface area contributed by atoms with E-state index in [1.54, 1.807) is 0 Å². The second-order valence-corrected chi connectivity index (χ2v) is 4.11. The minimum absolute atomic E-state index is 0.328. The zero-order chi connectivity index (χ0) is 12.5. The lowest BCUT2D eigenvalue weighted by molar-refractivity contribution is 0.110. The fraction of sp³-hybridized carbons (Fsp3) is 0.429. The molecule has 0 spiro atoms. The first-order chi connectivity index (χ1) is 8.27. The number of benzene rings is 1. The molecule has 0 fully saturated rings. The molecule has 90 valence electrons. The van der Waals surface area contributed by atoms with E-state index in [4.69, 9.17) is 10.1 Å². The van der Waals surface area contributed by atoms with Crippen LogP contribution in [0.25, 0.3) is 0 Å². The number of nitrogens with zero attached hydrogens (tertiary/aromatic N) is 2. The van der Waals surface area contributed by atoms with Gasteiger partial charge in [-0.2, -0.15) is 5.26 Å². The number of rotatable bonds is 6. The Morgan fingerprint density at radius 2 is 2.12 bits per heavy atom. The number of oxime groups is 1. The fourth-order valence-corrected chi connectivity index (χ4v) is 1.54. The second kappa shape index (κ2) is 7.45. The Labute approximate surface area is 103 Å². The Balaban J connectivity index is 2.55. The summed E-state index contributed by atoms with van der Waals surface area (Å²) in [5.41, 5.74) is 1.12. The third-order valence-corrected chi connectivity index (χ3v) is 2.45. The molecular weight excluding hydrogens is 212 g/mol. The Hall–Kier alpha value is -1.82. The van der Waals surface area contributed by atoms with Gasteiger partial charge in [0.15, 0.2) is 5.71 Å². The average molecular weight is 230 g/mol. The Kier molecular flexibility index (Phi) is 5.81. The summed E-state index contributed by atoms with van der Waals surface area (Å²) in [5.74, 6) is 0.472. The SMILES string of the molecule is CCCC(C)CON=C(C#N)c1ccccc1. The van der Waals surface area contributed by atoms with Crippen molar-refractivity contribution in [1.82, 2.24) is 0 Å². The molecule has 0 radical (unpaired) electrons. The van der Waals surface area contributed by atoms with E-state index in [9.17, 15) is 0 Å². The van der Waals surface area contributed by atoms with Gasteiger partial charge in [0.2, 0.25) is 0 Å². The van der Waals surface area contributed by atoms with Crippen LogP contribution in [0.15, 0.2) is 35.5 Å². The normalized spacial score (nSPS) is 12.9. The van der Waals surface area contributed by atoms with Gasteiger partial charge >= 0.3 is 0 Å². The summed E-state index contributed by atoms with van der Waals surface area (Å²) < 4.78 is 0. The van der Waals surface area contributed by atoms with Crippen molar-refractivity contribution in [3.63, 3.8) is 0 Å². The first-order valence-electron chi connectivity index (χ1n) is 5.93. The molecule has 0 heterocycles. The van der Waals surface area contributed by atoms with Crippen molar-refractivity contribution in [2.75, 3.05) is 6.61 Å². The minimum Gasteiger partial charge on any atom is -0.394 e. The molecule has 1 atom stereocenters. The van der Waals surface area contributed by atoms with Gasteiger partial charge in [0.1, 0.15) is 12.7 Å². The van der Waals surface area contributed by atoms with Crippen molar-refractivity contribution in [2.24, 2.45) is 11.1 Å². The van der Waals surface area contributed by atoms with Crippen LogP contribution in [0, 0.1) is 17.2 Å². The predicted molar refractivity (Wildman–Crippen MR) is 68.6 cm³/mol. The van der Waals surface area contributed by atoms with Gasteiger partial charge in [-0.1, -0.05) is 55.8 Å². The minimum atomic E-state index is 0.328. The van der Waals surface area contributed by atoms with Crippen LogP contribution < -0.4 is 0 Å². The second-order valence-electron chi connectivity index (χ2n) is 4.11. The van der Waals surface area contributed by atoms with Gasteiger partial charge in [-0.05, 0) is 12.3 Å². The quantitative estimate of drug-likeness (QED) is 0.555. The van der Waals surface area contributed by atoms with Crippen molar-refractivity contribution in [1.29, 1.82) is 5.26 Å². The van der Waals surface area contributed by atoms with Crippen LogP contribution in [0.3, 0.4) is 0 Å². The number of hydrogen-bond donors (Lipinski definition) is 0. The molecule has 3 heteroatoms. The molecule has 0 N–H and O–H groups in total. The molecule has 1 rings (SSSR count). The topological polar surface area (TPSA) is 45.4 Å². The molecule has 0 aromatic heterocycles. The first-order valence-corrected chi connectivity index (χ1v) is 5.93. The van der Waals surface area contributed by atoms with Gasteiger partial charge < -0.3 is 4.84 Å². The summed E-state index contributed by atoms with van der Waals surface area (Å²) in [6, 6.07) is 11.4.